The number of carbonyl (C=O) groups is 1. The average Bonchev–Trinajstić information content (AvgIpc) is 3.43. The second-order valence-electron chi connectivity index (χ2n) is 7.68. The number of benzene rings is 1. The molecule has 28 heavy (non-hydrogen) atoms. The van der Waals surface area contributed by atoms with Crippen LogP contribution in [0.3, 0.4) is 0 Å². The highest BCUT2D eigenvalue weighted by Crippen LogP contribution is 2.43. The summed E-state index contributed by atoms with van der Waals surface area (Å²) in [5, 5.41) is 16.4. The van der Waals surface area contributed by atoms with Gasteiger partial charge in [0.2, 0.25) is 0 Å². The van der Waals surface area contributed by atoms with Gasteiger partial charge in [0, 0.05) is 11.6 Å². The van der Waals surface area contributed by atoms with E-state index in [0.717, 1.165) is 24.0 Å². The molecule has 2 heterocycles. The molecule has 1 aliphatic rings. The van der Waals surface area contributed by atoms with Crippen LogP contribution in [0.15, 0.2) is 29.2 Å². The van der Waals surface area contributed by atoms with Crippen molar-refractivity contribution in [2.45, 2.75) is 45.6 Å². The van der Waals surface area contributed by atoms with E-state index in [1.807, 2.05) is 32.0 Å². The maximum absolute atomic E-state index is 12.9. The molecule has 1 amide bonds. The van der Waals surface area contributed by atoms with Gasteiger partial charge in [-0.15, -0.1) is 0 Å². The van der Waals surface area contributed by atoms with Gasteiger partial charge in [0.05, 0.1) is 18.5 Å². The number of aromatic amines is 1. The van der Waals surface area contributed by atoms with E-state index in [-0.39, 0.29) is 35.7 Å². The van der Waals surface area contributed by atoms with E-state index < -0.39 is 0 Å². The van der Waals surface area contributed by atoms with Crippen molar-refractivity contribution in [3.05, 3.63) is 57.1 Å². The summed E-state index contributed by atoms with van der Waals surface area (Å²) in [7, 11) is 0. The Kier molecular flexibility index (Phi) is 4.55. The summed E-state index contributed by atoms with van der Waals surface area (Å²) < 4.78 is 1.52. The molecule has 1 fully saturated rings. The zero-order chi connectivity index (χ0) is 20.0. The Morgan fingerprint density at radius 3 is 2.75 bits per heavy atom. The normalized spacial score (nSPS) is 15.0. The van der Waals surface area contributed by atoms with E-state index in [1.165, 1.54) is 10.1 Å². The Bertz CT molecular complexity index is 1120. The topological polar surface area (TPSA) is 99.5 Å². The van der Waals surface area contributed by atoms with Crippen LogP contribution in [0.2, 0.25) is 0 Å². The number of carbonyl (C=O) groups excluding carboxylic acids is 1. The molecule has 1 aromatic carbocycles. The fraction of sp³-hybridized carbons (Fsp3) is 0.381. The summed E-state index contributed by atoms with van der Waals surface area (Å²) in [6, 6.07) is 5.62. The Morgan fingerprint density at radius 2 is 2.11 bits per heavy atom. The lowest BCUT2D eigenvalue weighted by Gasteiger charge is -2.09. The number of aromatic nitrogens is 3. The quantitative estimate of drug-likeness (QED) is 0.632. The van der Waals surface area contributed by atoms with Gasteiger partial charge >= 0.3 is 0 Å². The third-order valence-corrected chi connectivity index (χ3v) is 5.33. The number of hydrogen-bond acceptors (Lipinski definition) is 4. The van der Waals surface area contributed by atoms with E-state index >= 15 is 0 Å². The number of nitrogens with one attached hydrogen (secondary N) is 2. The van der Waals surface area contributed by atoms with Crippen molar-refractivity contribution in [1.29, 1.82) is 0 Å². The number of fused-ring (bicyclic) bond motifs is 1. The van der Waals surface area contributed by atoms with E-state index in [4.69, 9.17) is 0 Å². The minimum absolute atomic E-state index is 0.157. The molecule has 1 saturated carbocycles. The summed E-state index contributed by atoms with van der Waals surface area (Å²) in [5.74, 6) is -0.185. The molecule has 146 valence electrons. The van der Waals surface area contributed by atoms with Crippen LogP contribution in [0.25, 0.3) is 16.8 Å². The van der Waals surface area contributed by atoms with Gasteiger partial charge in [-0.05, 0) is 62.3 Å². The molecule has 3 N–H and O–H groups in total. The summed E-state index contributed by atoms with van der Waals surface area (Å²) in [6.45, 7) is 5.63. The van der Waals surface area contributed by atoms with Crippen LogP contribution < -0.4 is 10.9 Å². The lowest BCUT2D eigenvalue weighted by Crippen LogP contribution is -2.35. The maximum Gasteiger partial charge on any atom is 0.274 e. The molecule has 0 bridgehead atoms. The predicted molar refractivity (Wildman–Crippen MR) is 107 cm³/mol. The number of hydrogen-bond donors (Lipinski definition) is 3. The maximum atomic E-state index is 12.9. The number of aliphatic hydroxyl groups is 1. The second kappa shape index (κ2) is 6.91. The lowest BCUT2D eigenvalue weighted by molar-refractivity contribution is 0.0916. The molecule has 0 radical (unpaired) electrons. The first-order chi connectivity index (χ1) is 13.4. The van der Waals surface area contributed by atoms with Gasteiger partial charge in [-0.25, -0.2) is 4.52 Å². The van der Waals surface area contributed by atoms with Crippen LogP contribution >= 0.6 is 0 Å². The fourth-order valence-electron chi connectivity index (χ4n) is 3.42. The van der Waals surface area contributed by atoms with Crippen LogP contribution in [0.4, 0.5) is 0 Å². The number of nitrogens with zero attached hydrogens (tertiary/aromatic N) is 2. The Hall–Kier alpha value is -2.93. The highest BCUT2D eigenvalue weighted by atomic mass is 16.3. The smallest absolute Gasteiger partial charge is 0.274 e. The molecule has 1 atom stereocenters. The minimum Gasteiger partial charge on any atom is -0.394 e. The van der Waals surface area contributed by atoms with E-state index in [2.05, 4.69) is 15.4 Å². The molecule has 1 aliphatic carbocycles. The van der Waals surface area contributed by atoms with E-state index in [1.54, 1.807) is 13.1 Å². The van der Waals surface area contributed by atoms with Gasteiger partial charge < -0.3 is 15.4 Å². The summed E-state index contributed by atoms with van der Waals surface area (Å²) in [6.07, 6.45) is 3.64. The van der Waals surface area contributed by atoms with E-state index in [9.17, 15) is 14.7 Å². The van der Waals surface area contributed by atoms with Gasteiger partial charge in [-0.3, -0.25) is 9.59 Å². The Balaban J connectivity index is 1.85. The Labute approximate surface area is 162 Å². The standard InChI is InChI=1S/C21H24N4O3/c1-11-4-5-15(8-12(11)2)16-9-25-19(21(28)23-16)17(14-6-7-14)18(24-25)20(27)22-13(3)10-26/h4-5,8-9,13-14,26H,6-7,10H2,1-3H3,(H,22,27)(H,23,28)/t13-/m0/s1. The van der Waals surface area contributed by atoms with Crippen LogP contribution in [-0.2, 0) is 0 Å². The van der Waals surface area contributed by atoms with Crippen molar-refractivity contribution in [2.24, 2.45) is 0 Å². The third kappa shape index (κ3) is 3.22. The van der Waals surface area contributed by atoms with Crippen LogP contribution in [0, 0.1) is 13.8 Å². The number of rotatable bonds is 5. The summed E-state index contributed by atoms with van der Waals surface area (Å²) in [5.41, 5.74) is 5.01. The number of aryl methyl sites for hydroxylation is 2. The molecule has 2 aromatic heterocycles. The van der Waals surface area contributed by atoms with Gasteiger partial charge in [0.25, 0.3) is 11.5 Å². The highest BCUT2D eigenvalue weighted by Gasteiger charge is 2.34. The van der Waals surface area contributed by atoms with Gasteiger partial charge in [-0.2, -0.15) is 5.10 Å². The number of aliphatic hydroxyl groups excluding tert-OH is 1. The molecule has 4 rings (SSSR count). The summed E-state index contributed by atoms with van der Waals surface area (Å²) in [4.78, 5) is 28.5. The SMILES string of the molecule is Cc1ccc(-c2cn3nc(C(=O)N[C@@H](C)CO)c(C4CC4)c3c(=O)[nH]2)cc1C. The number of H-pyrrole nitrogens is 1. The molecular formula is C21H24N4O3. The molecule has 0 spiro atoms. The molecular weight excluding hydrogens is 356 g/mol. The molecule has 0 unspecified atom stereocenters. The zero-order valence-corrected chi connectivity index (χ0v) is 16.2. The monoisotopic (exact) mass is 380 g/mol. The summed E-state index contributed by atoms with van der Waals surface area (Å²) >= 11 is 0. The zero-order valence-electron chi connectivity index (χ0n) is 16.2. The molecule has 7 nitrogen and oxygen atoms in total. The van der Waals surface area contributed by atoms with Crippen molar-refractivity contribution in [3.63, 3.8) is 0 Å². The average molecular weight is 380 g/mol. The number of amides is 1. The van der Waals surface area contributed by atoms with E-state index in [0.29, 0.717) is 16.8 Å². The van der Waals surface area contributed by atoms with Crippen molar-refractivity contribution in [3.8, 4) is 11.3 Å². The highest BCUT2D eigenvalue weighted by molar-refractivity contribution is 5.96. The molecule has 0 aliphatic heterocycles. The van der Waals surface area contributed by atoms with Gasteiger partial charge in [0.1, 0.15) is 5.52 Å². The fourth-order valence-corrected chi connectivity index (χ4v) is 3.42. The molecule has 3 aromatic rings. The van der Waals surface area contributed by atoms with Crippen molar-refractivity contribution in [2.75, 3.05) is 6.61 Å². The van der Waals surface area contributed by atoms with Crippen LogP contribution in [0.1, 0.15) is 52.9 Å². The second-order valence-corrected chi connectivity index (χ2v) is 7.68. The van der Waals surface area contributed by atoms with Crippen molar-refractivity contribution < 1.29 is 9.90 Å². The molecule has 0 saturated heterocycles. The lowest BCUT2D eigenvalue weighted by atomic mass is 10.0. The van der Waals surface area contributed by atoms with Gasteiger partial charge in [0.15, 0.2) is 5.69 Å². The first kappa shape index (κ1) is 18.4. The van der Waals surface area contributed by atoms with Crippen molar-refractivity contribution >= 4 is 11.4 Å². The minimum atomic E-state index is -0.381. The predicted octanol–water partition coefficient (Wildman–Crippen LogP) is 2.29. The Morgan fingerprint density at radius 1 is 1.36 bits per heavy atom. The van der Waals surface area contributed by atoms with Crippen LogP contribution in [-0.4, -0.2) is 38.3 Å². The largest absolute Gasteiger partial charge is 0.394 e. The third-order valence-electron chi connectivity index (χ3n) is 5.33. The van der Waals surface area contributed by atoms with Gasteiger partial charge in [-0.1, -0.05) is 12.1 Å². The van der Waals surface area contributed by atoms with Crippen LogP contribution in [0.5, 0.6) is 0 Å². The first-order valence-corrected chi connectivity index (χ1v) is 9.54. The van der Waals surface area contributed by atoms with Crippen molar-refractivity contribution in [1.82, 2.24) is 19.9 Å². The first-order valence-electron chi connectivity index (χ1n) is 9.54. The molecule has 7 heteroatoms.